The smallest absolute Gasteiger partial charge is 0.406 e. The number of fused-ring (bicyclic) bond motifs is 1. The maximum atomic E-state index is 15.7. The Morgan fingerprint density at radius 1 is 1.21 bits per heavy atom. The lowest BCUT2D eigenvalue weighted by Crippen LogP contribution is -2.52. The van der Waals surface area contributed by atoms with E-state index in [-0.39, 0.29) is 29.4 Å². The summed E-state index contributed by atoms with van der Waals surface area (Å²) in [6, 6.07) is 7.80. The number of alkyl halides is 3. The molecule has 1 aliphatic carbocycles. The molecular weight excluding hydrogens is 556 g/mol. The van der Waals surface area contributed by atoms with Crippen LogP contribution in [0.4, 0.5) is 29.2 Å². The second kappa shape index (κ2) is 11.5. The van der Waals surface area contributed by atoms with Crippen LogP contribution in [0.2, 0.25) is 0 Å². The first kappa shape index (κ1) is 31.3. The van der Waals surface area contributed by atoms with E-state index >= 15 is 4.39 Å². The molecule has 2 aromatic carbocycles. The Morgan fingerprint density at radius 3 is 2.45 bits per heavy atom. The molecule has 8 nitrogen and oxygen atoms in total. The molecule has 3 aromatic rings. The molecular formula is C30H36F4N4O4. The highest BCUT2D eigenvalue weighted by atomic mass is 19.4. The molecule has 0 radical (unpaired) electrons. The summed E-state index contributed by atoms with van der Waals surface area (Å²) in [6.07, 6.45) is -1.61. The molecule has 1 N–H and O–H groups in total. The largest absolute Gasteiger partial charge is 0.573 e. The minimum absolute atomic E-state index is 0.00454. The molecule has 0 saturated heterocycles. The van der Waals surface area contributed by atoms with Gasteiger partial charge in [-0.15, -0.1) is 13.2 Å². The molecule has 0 bridgehead atoms. The third-order valence-corrected chi connectivity index (χ3v) is 7.84. The molecule has 228 valence electrons. The Bertz CT molecular complexity index is 1450. The number of imidazole rings is 1. The summed E-state index contributed by atoms with van der Waals surface area (Å²) in [7, 11) is 2.81. The predicted octanol–water partition coefficient (Wildman–Crippen LogP) is 6.88. The standard InChI is InChI=1S/C30H36F4N4O4/c1-18-11-20(15-28(2,3)14-18)38-25-13-23(31)22(26(40)37(5)29(4,16-39)17-41-6)12-24(25)36-27(38)35-19-7-9-21(10-8-19)42-30(32,33)34/h7-10,12-13,16,18,20H,11,14-15,17H2,1-6H3,(H,35,36)/t18-,20?,29-/m0/s1. The first-order chi connectivity index (χ1) is 19.6. The number of carbonyl (C=O) groups is 2. The first-order valence-corrected chi connectivity index (χ1v) is 13.6. The summed E-state index contributed by atoms with van der Waals surface area (Å²) >= 11 is 0. The predicted molar refractivity (Wildman–Crippen MR) is 150 cm³/mol. The zero-order valence-corrected chi connectivity index (χ0v) is 24.5. The van der Waals surface area contributed by atoms with Crippen molar-refractivity contribution >= 4 is 34.9 Å². The molecule has 1 aliphatic rings. The van der Waals surface area contributed by atoms with Crippen LogP contribution in [0.25, 0.3) is 11.0 Å². The quantitative estimate of drug-likeness (QED) is 0.215. The summed E-state index contributed by atoms with van der Waals surface area (Å²) in [5.74, 6) is -1.11. The molecule has 0 spiro atoms. The highest BCUT2D eigenvalue weighted by Gasteiger charge is 2.37. The Labute approximate surface area is 242 Å². The number of hydrogen-bond acceptors (Lipinski definition) is 6. The number of nitrogens with zero attached hydrogens (tertiary/aromatic N) is 3. The van der Waals surface area contributed by atoms with Gasteiger partial charge in [0.15, 0.2) is 0 Å². The molecule has 1 fully saturated rings. The summed E-state index contributed by atoms with van der Waals surface area (Å²) in [5.41, 5.74) is -0.298. The maximum Gasteiger partial charge on any atom is 0.573 e. The third kappa shape index (κ3) is 6.69. The number of hydrogen-bond donors (Lipinski definition) is 1. The number of carbonyl (C=O) groups excluding carboxylic acids is 2. The van der Waals surface area contributed by atoms with E-state index in [4.69, 9.17) is 9.72 Å². The summed E-state index contributed by atoms with van der Waals surface area (Å²) in [4.78, 5) is 31.0. The van der Waals surface area contributed by atoms with Crippen molar-refractivity contribution in [2.24, 2.45) is 11.3 Å². The zero-order chi connectivity index (χ0) is 31.0. The van der Waals surface area contributed by atoms with Gasteiger partial charge in [-0.1, -0.05) is 20.8 Å². The van der Waals surface area contributed by atoms with Gasteiger partial charge in [0.25, 0.3) is 5.91 Å². The fourth-order valence-electron chi connectivity index (χ4n) is 6.01. The summed E-state index contributed by atoms with van der Waals surface area (Å²) < 4.78 is 64.5. The van der Waals surface area contributed by atoms with E-state index in [2.05, 4.69) is 30.8 Å². The number of anilines is 2. The molecule has 42 heavy (non-hydrogen) atoms. The van der Waals surface area contributed by atoms with Crippen LogP contribution in [0, 0.1) is 17.2 Å². The van der Waals surface area contributed by atoms with Gasteiger partial charge in [-0.25, -0.2) is 9.37 Å². The minimum Gasteiger partial charge on any atom is -0.406 e. The van der Waals surface area contributed by atoms with Gasteiger partial charge in [0.05, 0.1) is 23.2 Å². The highest BCUT2D eigenvalue weighted by Crippen LogP contribution is 2.46. The van der Waals surface area contributed by atoms with Crippen LogP contribution in [0.1, 0.15) is 63.4 Å². The van der Waals surface area contributed by atoms with Crippen molar-refractivity contribution in [2.45, 2.75) is 64.9 Å². The molecule has 0 aliphatic heterocycles. The van der Waals surface area contributed by atoms with Crippen LogP contribution in [0.5, 0.6) is 5.75 Å². The molecule has 12 heteroatoms. The number of aldehydes is 1. The van der Waals surface area contributed by atoms with Crippen LogP contribution >= 0.6 is 0 Å². The number of halogens is 4. The zero-order valence-electron chi connectivity index (χ0n) is 24.5. The fourth-order valence-corrected chi connectivity index (χ4v) is 6.01. The average molecular weight is 593 g/mol. The van der Waals surface area contributed by atoms with E-state index in [0.717, 1.165) is 24.2 Å². The molecule has 1 unspecified atom stereocenters. The van der Waals surface area contributed by atoms with Crippen molar-refractivity contribution in [1.29, 1.82) is 0 Å². The number of nitrogens with one attached hydrogen (secondary N) is 1. The van der Waals surface area contributed by atoms with E-state index in [1.807, 2.05) is 4.57 Å². The second-order valence-electron chi connectivity index (χ2n) is 12.2. The number of aromatic nitrogens is 2. The fraction of sp³-hybridized carbons (Fsp3) is 0.500. The average Bonchev–Trinajstić information content (AvgIpc) is 3.23. The van der Waals surface area contributed by atoms with Gasteiger partial charge in [-0.05, 0) is 67.9 Å². The van der Waals surface area contributed by atoms with Gasteiger partial charge in [0.1, 0.15) is 23.4 Å². The van der Waals surface area contributed by atoms with Crippen molar-refractivity contribution in [2.75, 3.05) is 26.1 Å². The van der Waals surface area contributed by atoms with Crippen molar-refractivity contribution in [3.8, 4) is 5.75 Å². The topological polar surface area (TPSA) is 85.7 Å². The minimum atomic E-state index is -4.81. The number of benzene rings is 2. The van der Waals surface area contributed by atoms with E-state index in [1.54, 1.807) is 0 Å². The molecule has 4 rings (SSSR count). The van der Waals surface area contributed by atoms with E-state index < -0.39 is 23.6 Å². The maximum absolute atomic E-state index is 15.7. The lowest BCUT2D eigenvalue weighted by Gasteiger charge is -2.40. The van der Waals surface area contributed by atoms with Crippen LogP contribution in [0.15, 0.2) is 36.4 Å². The molecule has 1 amide bonds. The van der Waals surface area contributed by atoms with Crippen LogP contribution < -0.4 is 10.1 Å². The normalized spacial score (nSPS) is 20.1. The van der Waals surface area contributed by atoms with E-state index in [0.29, 0.717) is 34.9 Å². The second-order valence-corrected chi connectivity index (χ2v) is 12.2. The van der Waals surface area contributed by atoms with Crippen molar-refractivity contribution < 1.29 is 36.6 Å². The van der Waals surface area contributed by atoms with Crippen molar-refractivity contribution in [3.63, 3.8) is 0 Å². The summed E-state index contributed by atoms with van der Waals surface area (Å²) in [6.45, 7) is 7.97. The van der Waals surface area contributed by atoms with Crippen LogP contribution in [-0.2, 0) is 9.53 Å². The summed E-state index contributed by atoms with van der Waals surface area (Å²) in [5, 5.41) is 3.17. The van der Waals surface area contributed by atoms with Crippen LogP contribution in [0.3, 0.4) is 0 Å². The number of methoxy groups -OCH3 is 1. The number of amides is 1. The van der Waals surface area contributed by atoms with Gasteiger partial charge in [-0.2, -0.15) is 0 Å². The number of rotatable bonds is 9. The van der Waals surface area contributed by atoms with Gasteiger partial charge in [-0.3, -0.25) is 4.79 Å². The third-order valence-electron chi connectivity index (χ3n) is 7.84. The van der Waals surface area contributed by atoms with Crippen LogP contribution in [-0.4, -0.2) is 59.3 Å². The Hall–Kier alpha value is -3.67. The van der Waals surface area contributed by atoms with E-state index in [9.17, 15) is 22.8 Å². The van der Waals surface area contributed by atoms with E-state index in [1.165, 1.54) is 57.5 Å². The lowest BCUT2D eigenvalue weighted by atomic mass is 9.70. The number of ether oxygens (including phenoxy) is 2. The Balaban J connectivity index is 1.79. The number of likely N-dealkylation sites (N-methyl/N-ethyl adjacent to an activating group) is 1. The lowest BCUT2D eigenvalue weighted by molar-refractivity contribution is -0.274. The van der Waals surface area contributed by atoms with Gasteiger partial charge in [0, 0.05) is 32.0 Å². The van der Waals surface area contributed by atoms with Gasteiger partial charge < -0.3 is 29.1 Å². The molecule has 1 heterocycles. The van der Waals surface area contributed by atoms with Crippen molar-refractivity contribution in [1.82, 2.24) is 14.5 Å². The first-order valence-electron chi connectivity index (χ1n) is 13.6. The molecule has 3 atom stereocenters. The SMILES string of the molecule is COC[C@](C)(C=O)N(C)C(=O)c1cc2nc(Nc3ccc(OC(F)(F)F)cc3)n(C3C[C@H](C)CC(C)(C)C3)c2cc1F. The molecule has 1 aromatic heterocycles. The van der Waals surface area contributed by atoms with Gasteiger partial charge in [0.2, 0.25) is 5.95 Å². The highest BCUT2D eigenvalue weighted by molar-refractivity contribution is 5.99. The van der Waals surface area contributed by atoms with Crippen molar-refractivity contribution in [3.05, 3.63) is 47.8 Å². The molecule has 1 saturated carbocycles. The monoisotopic (exact) mass is 592 g/mol. The Morgan fingerprint density at radius 2 is 1.88 bits per heavy atom. The van der Waals surface area contributed by atoms with Gasteiger partial charge >= 0.3 is 6.36 Å². The Kier molecular flexibility index (Phi) is 8.59.